The van der Waals surface area contributed by atoms with Gasteiger partial charge in [0.1, 0.15) is 0 Å². The molecule has 0 heterocycles. The maximum atomic E-state index is 9.00. The molecule has 19 heavy (non-hydrogen) atoms. The molecule has 0 amide bonds. The van der Waals surface area contributed by atoms with Crippen LogP contribution < -0.4 is 10.9 Å². The minimum absolute atomic E-state index is 0.461. The van der Waals surface area contributed by atoms with Crippen molar-refractivity contribution in [1.29, 1.82) is 0 Å². The largest absolute Gasteiger partial charge is 0.488 e. The van der Waals surface area contributed by atoms with Gasteiger partial charge in [-0.1, -0.05) is 48.5 Å². The molecular weight excluding hydrogens is 242 g/mol. The zero-order valence-electron chi connectivity index (χ0n) is 10.3. The molecule has 0 aliphatic heterocycles. The number of benzene rings is 2. The van der Waals surface area contributed by atoms with E-state index in [0.717, 1.165) is 11.1 Å². The first kappa shape index (κ1) is 13.8. The lowest BCUT2D eigenvalue weighted by atomic mass is 9.79. The molecule has 0 radical (unpaired) electrons. The molecule has 0 saturated heterocycles. The maximum Gasteiger partial charge on any atom is 0.488 e. The van der Waals surface area contributed by atoms with Crippen molar-refractivity contribution in [2.24, 2.45) is 0 Å². The summed E-state index contributed by atoms with van der Waals surface area (Å²) in [5.41, 5.74) is 3.01. The van der Waals surface area contributed by atoms with Crippen LogP contribution in [0.4, 0.5) is 0 Å². The summed E-state index contributed by atoms with van der Waals surface area (Å²) < 4.78 is 0. The summed E-state index contributed by atoms with van der Waals surface area (Å²) in [6, 6.07) is 14.0. The van der Waals surface area contributed by atoms with Crippen LogP contribution in [0.1, 0.15) is 11.1 Å². The topological polar surface area (TPSA) is 80.9 Å². The van der Waals surface area contributed by atoms with E-state index in [1.807, 2.05) is 24.3 Å². The Morgan fingerprint density at radius 3 is 1.16 bits per heavy atom. The molecule has 0 atom stereocenters. The van der Waals surface area contributed by atoms with Gasteiger partial charge < -0.3 is 20.1 Å². The van der Waals surface area contributed by atoms with Crippen molar-refractivity contribution in [3.8, 4) is 0 Å². The standard InChI is InChI=1S/C13H14B2O4/c16-14(17)12-5-1-10(2-6-12)9-11-3-7-13(8-4-11)15(18)19/h1-8,16-19H,9H2. The molecule has 2 rings (SSSR count). The second kappa shape index (κ2) is 6.04. The first-order valence-electron chi connectivity index (χ1n) is 5.96. The molecule has 0 aromatic heterocycles. The second-order valence-electron chi connectivity index (χ2n) is 4.41. The third-order valence-corrected chi connectivity index (χ3v) is 2.96. The van der Waals surface area contributed by atoms with Crippen molar-refractivity contribution < 1.29 is 20.1 Å². The van der Waals surface area contributed by atoms with Gasteiger partial charge in [-0.3, -0.25) is 0 Å². The van der Waals surface area contributed by atoms with Crippen molar-refractivity contribution in [2.75, 3.05) is 0 Å². The van der Waals surface area contributed by atoms with Gasteiger partial charge in [-0.2, -0.15) is 0 Å². The predicted molar refractivity (Wildman–Crippen MR) is 75.3 cm³/mol. The molecule has 96 valence electrons. The Morgan fingerprint density at radius 1 is 0.579 bits per heavy atom. The van der Waals surface area contributed by atoms with E-state index in [9.17, 15) is 0 Å². The Kier molecular flexibility index (Phi) is 4.39. The van der Waals surface area contributed by atoms with Crippen LogP contribution in [0, 0.1) is 0 Å². The average molecular weight is 256 g/mol. The van der Waals surface area contributed by atoms with E-state index in [2.05, 4.69) is 0 Å². The second-order valence-corrected chi connectivity index (χ2v) is 4.41. The fraction of sp³-hybridized carbons (Fsp3) is 0.0769. The zero-order chi connectivity index (χ0) is 13.8. The highest BCUT2D eigenvalue weighted by atomic mass is 16.4. The zero-order valence-corrected chi connectivity index (χ0v) is 10.3. The molecular formula is C13H14B2O4. The number of hydrogen-bond acceptors (Lipinski definition) is 4. The highest BCUT2D eigenvalue weighted by Gasteiger charge is 2.11. The highest BCUT2D eigenvalue weighted by molar-refractivity contribution is 6.58. The normalized spacial score (nSPS) is 10.3. The van der Waals surface area contributed by atoms with Gasteiger partial charge in [0.25, 0.3) is 0 Å². The van der Waals surface area contributed by atoms with Crippen LogP contribution in [0.3, 0.4) is 0 Å². The summed E-state index contributed by atoms with van der Waals surface area (Å²) in [5.74, 6) is 0. The van der Waals surface area contributed by atoms with Crippen LogP contribution in [0.5, 0.6) is 0 Å². The van der Waals surface area contributed by atoms with Crippen molar-refractivity contribution in [2.45, 2.75) is 6.42 Å². The fourth-order valence-electron chi connectivity index (χ4n) is 1.85. The molecule has 0 unspecified atom stereocenters. The number of hydrogen-bond donors (Lipinski definition) is 4. The van der Waals surface area contributed by atoms with Gasteiger partial charge >= 0.3 is 14.2 Å². The van der Waals surface area contributed by atoms with Crippen molar-refractivity contribution in [3.63, 3.8) is 0 Å². The lowest BCUT2D eigenvalue weighted by Gasteiger charge is -2.05. The third-order valence-electron chi connectivity index (χ3n) is 2.96. The summed E-state index contributed by atoms with van der Waals surface area (Å²) in [7, 11) is -2.89. The first-order valence-corrected chi connectivity index (χ1v) is 5.96. The molecule has 0 fully saturated rings. The van der Waals surface area contributed by atoms with E-state index in [0.29, 0.717) is 17.3 Å². The van der Waals surface area contributed by atoms with Crippen molar-refractivity contribution >= 4 is 25.2 Å². The van der Waals surface area contributed by atoms with Crippen molar-refractivity contribution in [3.05, 3.63) is 59.7 Å². The van der Waals surface area contributed by atoms with Crippen LogP contribution in [0.25, 0.3) is 0 Å². The molecule has 0 spiro atoms. The first-order chi connectivity index (χ1) is 9.06. The van der Waals surface area contributed by atoms with Crippen LogP contribution in [-0.4, -0.2) is 34.3 Å². The van der Waals surface area contributed by atoms with Crippen LogP contribution >= 0.6 is 0 Å². The summed E-state index contributed by atoms with van der Waals surface area (Å²) in [6.45, 7) is 0. The quantitative estimate of drug-likeness (QED) is 0.509. The number of rotatable bonds is 4. The molecule has 0 aliphatic carbocycles. The Morgan fingerprint density at radius 2 is 0.895 bits per heavy atom. The lowest BCUT2D eigenvalue weighted by molar-refractivity contribution is 0.424. The van der Waals surface area contributed by atoms with E-state index in [-0.39, 0.29) is 0 Å². The van der Waals surface area contributed by atoms with Gasteiger partial charge in [-0.15, -0.1) is 0 Å². The highest BCUT2D eigenvalue weighted by Crippen LogP contribution is 2.07. The van der Waals surface area contributed by atoms with Crippen molar-refractivity contribution in [1.82, 2.24) is 0 Å². The Bertz CT molecular complexity index is 474. The molecule has 4 N–H and O–H groups in total. The van der Waals surface area contributed by atoms with E-state index in [1.54, 1.807) is 24.3 Å². The van der Waals surface area contributed by atoms with Gasteiger partial charge in [-0.25, -0.2) is 0 Å². The monoisotopic (exact) mass is 256 g/mol. The fourth-order valence-corrected chi connectivity index (χ4v) is 1.85. The minimum Gasteiger partial charge on any atom is -0.423 e. The predicted octanol–water partition coefficient (Wildman–Crippen LogP) is -1.36. The molecule has 2 aromatic rings. The molecule has 0 saturated carbocycles. The molecule has 0 aliphatic rings. The van der Waals surface area contributed by atoms with E-state index < -0.39 is 14.2 Å². The van der Waals surface area contributed by atoms with Gasteiger partial charge in [0, 0.05) is 0 Å². The van der Waals surface area contributed by atoms with Gasteiger partial charge in [0.05, 0.1) is 0 Å². The van der Waals surface area contributed by atoms with Crippen LogP contribution in [0.15, 0.2) is 48.5 Å². The van der Waals surface area contributed by atoms with Crippen LogP contribution in [0.2, 0.25) is 0 Å². The van der Waals surface area contributed by atoms with Crippen LogP contribution in [-0.2, 0) is 6.42 Å². The Labute approximate surface area is 112 Å². The molecule has 4 nitrogen and oxygen atoms in total. The molecule has 0 bridgehead atoms. The SMILES string of the molecule is OB(O)c1ccc(Cc2ccc(B(O)O)cc2)cc1. The summed E-state index contributed by atoms with van der Waals surface area (Å²) >= 11 is 0. The lowest BCUT2D eigenvalue weighted by Crippen LogP contribution is -2.29. The molecule has 6 heteroatoms. The van der Waals surface area contributed by atoms with Gasteiger partial charge in [0.15, 0.2) is 0 Å². The maximum absolute atomic E-state index is 9.00. The van der Waals surface area contributed by atoms with E-state index in [4.69, 9.17) is 20.1 Å². The van der Waals surface area contributed by atoms with E-state index in [1.165, 1.54) is 0 Å². The smallest absolute Gasteiger partial charge is 0.423 e. The van der Waals surface area contributed by atoms with Gasteiger partial charge in [0.2, 0.25) is 0 Å². The van der Waals surface area contributed by atoms with Gasteiger partial charge in [-0.05, 0) is 28.5 Å². The summed E-state index contributed by atoms with van der Waals surface area (Å²) in [6.07, 6.45) is 0.698. The Hall–Kier alpha value is -1.59. The Balaban J connectivity index is 2.08. The minimum atomic E-state index is -1.45. The summed E-state index contributed by atoms with van der Waals surface area (Å²) in [5, 5.41) is 36.0. The van der Waals surface area contributed by atoms with E-state index >= 15 is 0 Å². The average Bonchev–Trinajstić information content (AvgIpc) is 2.40. The third kappa shape index (κ3) is 3.68. The summed E-state index contributed by atoms with van der Waals surface area (Å²) in [4.78, 5) is 0. The molecule has 2 aromatic carbocycles.